The number of anilines is 2. The summed E-state index contributed by atoms with van der Waals surface area (Å²) in [5.41, 5.74) is 2.67. The Balaban J connectivity index is 1.41. The number of amides is 1. The van der Waals surface area contributed by atoms with Gasteiger partial charge in [-0.1, -0.05) is 12.1 Å². The van der Waals surface area contributed by atoms with Crippen LogP contribution in [0.2, 0.25) is 0 Å². The molecule has 38 heavy (non-hydrogen) atoms. The van der Waals surface area contributed by atoms with E-state index >= 15 is 0 Å². The highest BCUT2D eigenvalue weighted by Crippen LogP contribution is 2.27. The fourth-order valence-corrected chi connectivity index (χ4v) is 6.93. The minimum atomic E-state index is -3.82. The lowest BCUT2D eigenvalue weighted by atomic mass is 9.99. The smallest absolute Gasteiger partial charge is 0.261 e. The molecule has 1 amide bonds. The summed E-state index contributed by atoms with van der Waals surface area (Å²) in [4.78, 5) is 13.2. The van der Waals surface area contributed by atoms with E-state index in [1.54, 1.807) is 18.2 Å². The van der Waals surface area contributed by atoms with Crippen molar-refractivity contribution in [3.63, 3.8) is 0 Å². The second-order valence-corrected chi connectivity index (χ2v) is 12.9. The summed E-state index contributed by atoms with van der Waals surface area (Å²) in [5.74, 6) is -0.297. The first-order chi connectivity index (χ1) is 18.0. The minimum absolute atomic E-state index is 0.0610. The number of nitrogens with zero attached hydrogens (tertiary/aromatic N) is 1. The quantitative estimate of drug-likeness (QED) is 0.429. The van der Waals surface area contributed by atoms with Gasteiger partial charge >= 0.3 is 0 Å². The summed E-state index contributed by atoms with van der Waals surface area (Å²) in [5, 5.41) is 2.79. The third-order valence-corrected chi connectivity index (χ3v) is 9.78. The molecule has 1 aliphatic rings. The molecule has 2 N–H and O–H groups in total. The number of piperidine rings is 1. The van der Waals surface area contributed by atoms with Crippen molar-refractivity contribution in [1.29, 1.82) is 0 Å². The van der Waals surface area contributed by atoms with E-state index in [0.29, 0.717) is 36.5 Å². The molecule has 9 nitrogen and oxygen atoms in total. The van der Waals surface area contributed by atoms with Gasteiger partial charge < -0.3 is 10.1 Å². The first-order valence-electron chi connectivity index (χ1n) is 12.1. The lowest BCUT2D eigenvalue weighted by molar-refractivity contribution is -0.120. The van der Waals surface area contributed by atoms with Gasteiger partial charge in [0.05, 0.1) is 28.5 Å². The van der Waals surface area contributed by atoms with Crippen LogP contribution in [0, 0.1) is 19.8 Å². The highest BCUT2D eigenvalue weighted by Gasteiger charge is 2.33. The van der Waals surface area contributed by atoms with E-state index in [0.717, 1.165) is 11.1 Å². The number of carbonyl (C=O) groups excluding carboxylic acids is 1. The van der Waals surface area contributed by atoms with E-state index in [-0.39, 0.29) is 22.2 Å². The zero-order valence-electron chi connectivity index (χ0n) is 21.5. The molecule has 3 aromatic carbocycles. The Morgan fingerprint density at radius 3 is 2.24 bits per heavy atom. The zero-order valence-corrected chi connectivity index (χ0v) is 23.1. The number of methoxy groups -OCH3 is 1. The highest BCUT2D eigenvalue weighted by atomic mass is 32.2. The van der Waals surface area contributed by atoms with E-state index < -0.39 is 26.0 Å². The fourth-order valence-electron chi connectivity index (χ4n) is 4.28. The number of sulfonamides is 2. The molecule has 4 rings (SSSR count). The third kappa shape index (κ3) is 6.17. The maximum atomic E-state index is 13.1. The summed E-state index contributed by atoms with van der Waals surface area (Å²) in [6.45, 7) is 4.10. The normalized spacial score (nSPS) is 16.6. The predicted octanol–water partition coefficient (Wildman–Crippen LogP) is 4.15. The number of nitrogens with one attached hydrogen (secondary N) is 2. The van der Waals surface area contributed by atoms with Crippen molar-refractivity contribution in [1.82, 2.24) is 4.31 Å². The van der Waals surface area contributed by atoms with Gasteiger partial charge in [-0.15, -0.1) is 0 Å². The number of carbonyl (C=O) groups is 1. The SMILES string of the molecule is COc1ccc(S(=O)(=O)N2CCCC(C(=O)Nc3ccc(S(=O)(=O)Nc4cc(C)ccc4C)cc3)C2)cc1. The van der Waals surface area contributed by atoms with E-state index in [2.05, 4.69) is 10.0 Å². The van der Waals surface area contributed by atoms with Crippen molar-refractivity contribution < 1.29 is 26.4 Å². The van der Waals surface area contributed by atoms with Crippen molar-refractivity contribution in [2.45, 2.75) is 36.5 Å². The monoisotopic (exact) mass is 557 g/mol. The molecule has 0 radical (unpaired) electrons. The molecule has 0 aromatic heterocycles. The second-order valence-electron chi connectivity index (χ2n) is 9.32. The maximum Gasteiger partial charge on any atom is 0.261 e. The second kappa shape index (κ2) is 11.1. The Hall–Kier alpha value is -3.41. The van der Waals surface area contributed by atoms with Gasteiger partial charge in [-0.3, -0.25) is 9.52 Å². The van der Waals surface area contributed by atoms with Gasteiger partial charge in [-0.05, 0) is 92.4 Å². The summed E-state index contributed by atoms with van der Waals surface area (Å²) < 4.78 is 61.0. The number of benzene rings is 3. The lowest BCUT2D eigenvalue weighted by Crippen LogP contribution is -2.43. The zero-order chi connectivity index (χ0) is 27.5. The topological polar surface area (TPSA) is 122 Å². The molecule has 11 heteroatoms. The number of ether oxygens (including phenoxy) is 1. The van der Waals surface area contributed by atoms with Crippen molar-refractivity contribution in [3.05, 3.63) is 77.9 Å². The molecule has 0 bridgehead atoms. The fraction of sp³-hybridized carbons (Fsp3) is 0.296. The molecular formula is C27H31N3O6S2. The Morgan fingerprint density at radius 2 is 1.58 bits per heavy atom. The molecule has 1 aliphatic heterocycles. The van der Waals surface area contributed by atoms with Crippen LogP contribution in [0.3, 0.4) is 0 Å². The van der Waals surface area contributed by atoms with E-state index in [1.165, 1.54) is 47.8 Å². The van der Waals surface area contributed by atoms with Crippen LogP contribution in [-0.2, 0) is 24.8 Å². The maximum absolute atomic E-state index is 13.1. The lowest BCUT2D eigenvalue weighted by Gasteiger charge is -2.31. The van der Waals surface area contributed by atoms with Gasteiger partial charge in [-0.25, -0.2) is 16.8 Å². The van der Waals surface area contributed by atoms with Crippen molar-refractivity contribution in [3.8, 4) is 5.75 Å². The van der Waals surface area contributed by atoms with Gasteiger partial charge in [0.25, 0.3) is 10.0 Å². The molecule has 1 atom stereocenters. The van der Waals surface area contributed by atoms with Crippen molar-refractivity contribution in [2.75, 3.05) is 30.2 Å². The Labute approximate surface area is 223 Å². The molecule has 202 valence electrons. The minimum Gasteiger partial charge on any atom is -0.497 e. The summed E-state index contributed by atoms with van der Waals surface area (Å²) in [6.07, 6.45) is 1.10. The Morgan fingerprint density at radius 1 is 0.921 bits per heavy atom. The van der Waals surface area contributed by atoms with E-state index in [9.17, 15) is 21.6 Å². The first-order valence-corrected chi connectivity index (χ1v) is 15.1. The Kier molecular flexibility index (Phi) is 8.10. The molecule has 0 spiro atoms. The van der Waals surface area contributed by atoms with Gasteiger partial charge in [0.1, 0.15) is 5.75 Å². The van der Waals surface area contributed by atoms with Gasteiger partial charge in [0, 0.05) is 18.8 Å². The molecule has 1 unspecified atom stereocenters. The van der Waals surface area contributed by atoms with Crippen LogP contribution in [0.5, 0.6) is 5.75 Å². The van der Waals surface area contributed by atoms with Gasteiger partial charge in [0.2, 0.25) is 15.9 Å². The van der Waals surface area contributed by atoms with Crippen molar-refractivity contribution in [2.24, 2.45) is 5.92 Å². The van der Waals surface area contributed by atoms with E-state index in [4.69, 9.17) is 4.74 Å². The number of aryl methyl sites for hydroxylation is 2. The summed E-state index contributed by atoms with van der Waals surface area (Å²) in [6, 6.07) is 17.5. The van der Waals surface area contributed by atoms with Crippen LogP contribution in [0.1, 0.15) is 24.0 Å². The molecule has 0 saturated carbocycles. The molecule has 1 fully saturated rings. The predicted molar refractivity (Wildman–Crippen MR) is 146 cm³/mol. The molecule has 1 heterocycles. The van der Waals surface area contributed by atoms with Crippen LogP contribution in [0.15, 0.2) is 76.5 Å². The average Bonchev–Trinajstić information content (AvgIpc) is 2.91. The molecular weight excluding hydrogens is 526 g/mol. The van der Waals surface area contributed by atoms with E-state index in [1.807, 2.05) is 26.0 Å². The summed E-state index contributed by atoms with van der Waals surface area (Å²) >= 11 is 0. The number of hydrogen-bond donors (Lipinski definition) is 2. The summed E-state index contributed by atoms with van der Waals surface area (Å²) in [7, 11) is -6.07. The van der Waals surface area contributed by atoms with Gasteiger partial charge in [0.15, 0.2) is 0 Å². The van der Waals surface area contributed by atoms with Crippen molar-refractivity contribution >= 4 is 37.3 Å². The van der Waals surface area contributed by atoms with Crippen LogP contribution < -0.4 is 14.8 Å². The third-order valence-electron chi connectivity index (χ3n) is 6.52. The molecule has 1 saturated heterocycles. The van der Waals surface area contributed by atoms with Crippen LogP contribution in [0.25, 0.3) is 0 Å². The largest absolute Gasteiger partial charge is 0.497 e. The Bertz CT molecular complexity index is 1520. The van der Waals surface area contributed by atoms with Gasteiger partial charge in [-0.2, -0.15) is 4.31 Å². The van der Waals surface area contributed by atoms with Crippen LogP contribution in [0.4, 0.5) is 11.4 Å². The van der Waals surface area contributed by atoms with Crippen LogP contribution in [-0.4, -0.2) is 47.2 Å². The highest BCUT2D eigenvalue weighted by molar-refractivity contribution is 7.92. The number of rotatable bonds is 8. The first kappa shape index (κ1) is 27.6. The number of hydrogen-bond acceptors (Lipinski definition) is 6. The van der Waals surface area contributed by atoms with Crippen LogP contribution >= 0.6 is 0 Å². The molecule has 3 aromatic rings. The standard InChI is InChI=1S/C27H31N3O6S2/c1-19-6-7-20(2)26(17-19)29-37(32,33)24-12-8-22(9-13-24)28-27(31)21-5-4-16-30(18-21)38(34,35)25-14-10-23(36-3)11-15-25/h6-15,17,21,29H,4-5,16,18H2,1-3H3,(H,28,31). The molecule has 0 aliphatic carbocycles. The average molecular weight is 558 g/mol.